The van der Waals surface area contributed by atoms with Gasteiger partial charge in [0.2, 0.25) is 0 Å². The molecule has 0 aliphatic heterocycles. The van der Waals surface area contributed by atoms with Crippen LogP contribution in [0, 0.1) is 17.3 Å². The molecule has 13 aromatic carbocycles. The normalized spacial score (nSPS) is 25.1. The number of fused-ring (bicyclic) bond motifs is 3. The summed E-state index contributed by atoms with van der Waals surface area (Å²) < 4.78 is 5.46. The summed E-state index contributed by atoms with van der Waals surface area (Å²) in [6.45, 7) is 6.30. The van der Waals surface area contributed by atoms with E-state index in [0.717, 1.165) is 32.1 Å². The van der Waals surface area contributed by atoms with Gasteiger partial charge in [-0.25, -0.2) is 0 Å². The minimum atomic E-state index is -0.267. The maximum atomic E-state index is 11.8. The monoisotopic (exact) mass is 950 g/mol. The predicted molar refractivity (Wildman–Crippen MR) is 302 cm³/mol. The van der Waals surface area contributed by atoms with E-state index >= 15 is 0 Å². The summed E-state index contributed by atoms with van der Waals surface area (Å²) in [7, 11) is 0. The topological polar surface area (TPSA) is 26.3 Å². The Hall–Kier alpha value is -6.77. The molecular weight excluding hydrogens is 897 g/mol. The highest BCUT2D eigenvalue weighted by molar-refractivity contribution is 6.59. The summed E-state index contributed by atoms with van der Waals surface area (Å²) in [5, 5.41) is 29.5. The van der Waals surface area contributed by atoms with E-state index in [2.05, 4.69) is 92.7 Å². The van der Waals surface area contributed by atoms with E-state index in [1.165, 1.54) is 72.7 Å². The van der Waals surface area contributed by atoms with Crippen LogP contribution in [0.25, 0.3) is 97.0 Å². The highest BCUT2D eigenvalue weighted by Crippen LogP contribution is 2.80. The van der Waals surface area contributed by atoms with Crippen molar-refractivity contribution in [3.8, 4) is 5.75 Å². The van der Waals surface area contributed by atoms with Crippen LogP contribution in [0.2, 0.25) is 0 Å². The molecule has 0 amide bonds. The van der Waals surface area contributed by atoms with Gasteiger partial charge < -0.3 is 4.74 Å². The smallest absolute Gasteiger partial charge is 0.308 e. The van der Waals surface area contributed by atoms with Crippen LogP contribution < -0.4 is 4.74 Å². The van der Waals surface area contributed by atoms with E-state index in [0.29, 0.717) is 53.1 Å². The lowest BCUT2D eigenvalue weighted by atomic mass is 9.43. The largest absolute Gasteiger partial charge is 0.427 e. The highest BCUT2D eigenvalue weighted by atomic mass is 16.5. The average molecular weight is 951 g/mol. The molecule has 13 aromatic rings. The molecule has 74 heavy (non-hydrogen) atoms. The third kappa shape index (κ3) is 3.97. The SMILES string of the molecule is CCC(CC(CC(CC)c1ccc2c(c1)CC1C3Cc4cc5cc6cc7cc8c9c7c7c6c6c5c4c4c5c%10c%11c%12c%13c(cc(c%12c9c%11c7c56)C8)CC1(C2)C%13C%10C43)c1ccc2c(c1)CC2)c1ccc(OC(C)=O)cc1. The van der Waals surface area contributed by atoms with Gasteiger partial charge in [-0.05, 0) is 322 Å². The molecular formula is C72H54O2. The van der Waals surface area contributed by atoms with Crippen LogP contribution >= 0.6 is 0 Å². The van der Waals surface area contributed by atoms with Crippen LogP contribution in [0.5, 0.6) is 5.75 Å². The lowest BCUT2D eigenvalue weighted by molar-refractivity contribution is -0.131. The molecule has 0 radical (unpaired) electrons. The first-order valence-electron chi connectivity index (χ1n) is 28.9. The minimum Gasteiger partial charge on any atom is -0.427 e. The molecule has 0 bridgehead atoms. The molecule has 8 aliphatic carbocycles. The van der Waals surface area contributed by atoms with Crippen LogP contribution in [0.4, 0.5) is 0 Å². The van der Waals surface area contributed by atoms with Crippen molar-refractivity contribution in [1.82, 2.24) is 0 Å². The fourth-order valence-electron chi connectivity index (χ4n) is 21.2. The number of ether oxygens (including phenoxy) is 1. The fourth-order valence-corrected chi connectivity index (χ4v) is 21.2. The fraction of sp³-hybridized carbons (Fsp3) is 0.319. The van der Waals surface area contributed by atoms with Gasteiger partial charge in [0.15, 0.2) is 0 Å². The molecule has 0 heterocycles. The second-order valence-corrected chi connectivity index (χ2v) is 26.1. The van der Waals surface area contributed by atoms with E-state index in [1.54, 1.807) is 131 Å². The van der Waals surface area contributed by atoms with Crippen molar-refractivity contribution in [3.63, 3.8) is 0 Å². The maximum absolute atomic E-state index is 11.8. The number of carbonyl (C=O) groups is 1. The number of carbonyl (C=O) groups excluding carboxylic acids is 1. The van der Waals surface area contributed by atoms with Gasteiger partial charge >= 0.3 is 5.97 Å². The zero-order chi connectivity index (χ0) is 47.8. The Bertz CT molecular complexity index is 4780. The van der Waals surface area contributed by atoms with Gasteiger partial charge in [0.05, 0.1) is 0 Å². The summed E-state index contributed by atoms with van der Waals surface area (Å²) in [5.41, 5.74) is 23.3. The molecule has 9 unspecified atom stereocenters. The standard InChI is InChI=1S/C72H54O2/c1-4-31(33-12-14-48(15-13-33)74-30(3)73)16-39(37-9-7-34-6-8-36(34)18-37)17-32(5-2)35-10-11-38-28-72-29-47-25-45-23-42-20-41-21-44-22-43-24-46-26-49(50(72)27-40(38)19-35)58-63-54(46)53(43)60-55(44)59-51(41)52(42)61-56(45)62-57(47)71(72)70(58)69-67(62)65(61)64(59)66(60)68(63)69/h7,9-15,18-22,24-25,31-32,39,49-50,58,70-71H,4-6,8,16-17,23,26-29H2,1-3H3. The zero-order valence-electron chi connectivity index (χ0n) is 42.4. The quantitative estimate of drug-likeness (QED) is 0.0776. The number of esters is 1. The first kappa shape index (κ1) is 38.8. The molecule has 1 spiro atoms. The van der Waals surface area contributed by atoms with Gasteiger partial charge in [0.25, 0.3) is 0 Å². The summed E-state index contributed by atoms with van der Waals surface area (Å²) in [4.78, 5) is 11.8. The van der Waals surface area contributed by atoms with Crippen LogP contribution in [-0.2, 0) is 49.7 Å². The average Bonchev–Trinajstić information content (AvgIpc) is 4.38. The molecule has 0 aromatic heterocycles. The molecule has 2 nitrogen and oxygen atoms in total. The van der Waals surface area contributed by atoms with Crippen LogP contribution in [0.1, 0.15) is 160 Å². The molecule has 1 fully saturated rings. The van der Waals surface area contributed by atoms with E-state index in [-0.39, 0.29) is 11.4 Å². The Balaban J connectivity index is 0.736. The van der Waals surface area contributed by atoms with E-state index in [9.17, 15) is 4.79 Å². The highest BCUT2D eigenvalue weighted by Gasteiger charge is 2.68. The van der Waals surface area contributed by atoms with Crippen molar-refractivity contribution in [2.24, 2.45) is 17.3 Å². The first-order chi connectivity index (χ1) is 36.3. The Morgan fingerprint density at radius 3 is 1.84 bits per heavy atom. The van der Waals surface area contributed by atoms with Crippen molar-refractivity contribution in [3.05, 3.63) is 169 Å². The van der Waals surface area contributed by atoms with Crippen molar-refractivity contribution >= 4 is 103 Å². The number of aryl methyl sites for hydroxylation is 2. The van der Waals surface area contributed by atoms with Crippen molar-refractivity contribution in [2.45, 2.75) is 127 Å². The number of hydrogen-bond acceptors (Lipinski definition) is 2. The van der Waals surface area contributed by atoms with Crippen molar-refractivity contribution in [1.29, 1.82) is 0 Å². The van der Waals surface area contributed by atoms with Gasteiger partial charge in [-0.2, -0.15) is 0 Å². The van der Waals surface area contributed by atoms with Gasteiger partial charge in [0, 0.05) is 6.92 Å². The van der Waals surface area contributed by atoms with E-state index in [1.807, 2.05) is 28.8 Å². The Morgan fingerprint density at radius 2 is 1.07 bits per heavy atom. The van der Waals surface area contributed by atoms with E-state index in [4.69, 9.17) is 4.74 Å². The second kappa shape index (κ2) is 12.2. The van der Waals surface area contributed by atoms with Crippen molar-refractivity contribution < 1.29 is 9.53 Å². The predicted octanol–water partition coefficient (Wildman–Crippen LogP) is 17.3. The van der Waals surface area contributed by atoms with Crippen molar-refractivity contribution in [2.75, 3.05) is 0 Å². The molecule has 2 heteroatoms. The Morgan fingerprint density at radius 1 is 0.486 bits per heavy atom. The number of hydrogen-bond donors (Lipinski definition) is 0. The molecule has 9 atom stereocenters. The lowest BCUT2D eigenvalue weighted by Crippen LogP contribution is -2.54. The summed E-state index contributed by atoms with van der Waals surface area (Å²) in [6, 6.07) is 37.4. The molecule has 0 N–H and O–H groups in total. The van der Waals surface area contributed by atoms with Gasteiger partial charge in [-0.1, -0.05) is 80.6 Å². The molecule has 354 valence electrons. The Kier molecular flexibility index (Phi) is 6.37. The van der Waals surface area contributed by atoms with Gasteiger partial charge in [-0.3, -0.25) is 4.79 Å². The molecule has 1 saturated carbocycles. The summed E-state index contributed by atoms with van der Waals surface area (Å²) >= 11 is 0. The lowest BCUT2D eigenvalue weighted by Gasteiger charge is -2.60. The minimum absolute atomic E-state index is 0.237. The Labute approximate surface area is 429 Å². The first-order valence-corrected chi connectivity index (χ1v) is 28.9. The van der Waals surface area contributed by atoms with Crippen LogP contribution in [-0.4, -0.2) is 5.97 Å². The zero-order valence-corrected chi connectivity index (χ0v) is 42.4. The van der Waals surface area contributed by atoms with Gasteiger partial charge in [0.1, 0.15) is 5.75 Å². The summed E-state index contributed by atoms with van der Waals surface area (Å²) in [5.74, 6) is 4.82. The number of benzene rings is 9. The molecule has 8 aliphatic rings. The van der Waals surface area contributed by atoms with E-state index < -0.39 is 0 Å². The molecule has 21 rings (SSSR count). The second-order valence-electron chi connectivity index (χ2n) is 26.1. The number of rotatable bonds is 10. The third-order valence-corrected chi connectivity index (χ3v) is 23.6. The van der Waals surface area contributed by atoms with Crippen LogP contribution in [0.3, 0.4) is 0 Å². The van der Waals surface area contributed by atoms with Gasteiger partial charge in [-0.15, -0.1) is 0 Å². The maximum Gasteiger partial charge on any atom is 0.308 e. The molecule has 0 saturated heterocycles. The van der Waals surface area contributed by atoms with Crippen LogP contribution in [0.15, 0.2) is 91.0 Å². The third-order valence-electron chi connectivity index (χ3n) is 23.6. The summed E-state index contributed by atoms with van der Waals surface area (Å²) in [6.07, 6.45) is 13.0.